The molecule has 0 aromatic heterocycles. The number of azide groups is 2. The first-order valence-electron chi connectivity index (χ1n) is 5.11. The molecule has 100 valence electrons. The summed E-state index contributed by atoms with van der Waals surface area (Å²) in [5.74, 6) is 0.399. The molecular formula is C8H14N6O3S. The van der Waals surface area contributed by atoms with E-state index in [1.165, 1.54) is 18.9 Å². The molecule has 0 unspecified atom stereocenters. The Hall–Kier alpha value is -1.15. The highest BCUT2D eigenvalue weighted by Crippen LogP contribution is 2.25. The number of ether oxygens (including phenoxy) is 3. The van der Waals surface area contributed by atoms with Crippen LogP contribution in [0.1, 0.15) is 0 Å². The second-order valence-corrected chi connectivity index (χ2v) is 4.26. The molecule has 1 aliphatic heterocycles. The maximum absolute atomic E-state index is 8.57. The lowest BCUT2D eigenvalue weighted by atomic mass is 10.0. The molecule has 0 aromatic carbocycles. The van der Waals surface area contributed by atoms with Gasteiger partial charge in [0.2, 0.25) is 0 Å². The van der Waals surface area contributed by atoms with Crippen molar-refractivity contribution in [1.82, 2.24) is 0 Å². The molecule has 0 radical (unpaired) electrons. The maximum atomic E-state index is 8.57. The van der Waals surface area contributed by atoms with Gasteiger partial charge in [0.05, 0.1) is 24.7 Å². The number of rotatable bonds is 6. The first-order valence-corrected chi connectivity index (χ1v) is 6.51. The van der Waals surface area contributed by atoms with Gasteiger partial charge in [-0.25, -0.2) is 0 Å². The van der Waals surface area contributed by atoms with Crippen LogP contribution in [0.25, 0.3) is 20.9 Å². The van der Waals surface area contributed by atoms with Crippen LogP contribution in [-0.4, -0.2) is 50.4 Å². The van der Waals surface area contributed by atoms with Crippen molar-refractivity contribution in [2.75, 3.05) is 25.9 Å². The Bertz CT molecular complexity index is 357. The Morgan fingerprint density at radius 1 is 1.39 bits per heavy atom. The molecule has 0 N–H and O–H groups in total. The summed E-state index contributed by atoms with van der Waals surface area (Å²) in [6.07, 6.45) is 0.624. The van der Waals surface area contributed by atoms with Gasteiger partial charge in [0.25, 0.3) is 0 Å². The summed E-state index contributed by atoms with van der Waals surface area (Å²) in [6, 6.07) is -1.22. The zero-order valence-electron chi connectivity index (χ0n) is 10.0. The second kappa shape index (κ2) is 8.04. The molecule has 10 heteroatoms. The predicted octanol–water partition coefficient (Wildman–Crippen LogP) is 2.05. The molecule has 0 bridgehead atoms. The summed E-state index contributed by atoms with van der Waals surface area (Å²) < 4.78 is 16.0. The van der Waals surface area contributed by atoms with Crippen molar-refractivity contribution in [3.63, 3.8) is 0 Å². The average Bonchev–Trinajstić information content (AvgIpc) is 2.39. The molecule has 0 amide bonds. The first-order chi connectivity index (χ1) is 8.78. The molecule has 1 saturated heterocycles. The SMILES string of the molecule is CO[C@@H]1OC[C@@H](N=[N+]=[N-])[C@H](OCSC)[C@H]1N=[N+]=[N-]. The predicted molar refractivity (Wildman–Crippen MR) is 65.9 cm³/mol. The van der Waals surface area contributed by atoms with Crippen LogP contribution >= 0.6 is 11.8 Å². The van der Waals surface area contributed by atoms with Crippen LogP contribution in [0, 0.1) is 0 Å². The van der Waals surface area contributed by atoms with Gasteiger partial charge in [-0.1, -0.05) is 10.2 Å². The van der Waals surface area contributed by atoms with Crippen molar-refractivity contribution < 1.29 is 14.2 Å². The Kier molecular flexibility index (Phi) is 6.66. The normalized spacial score (nSPS) is 31.2. The molecule has 0 aromatic rings. The third-order valence-corrected chi connectivity index (χ3v) is 2.79. The molecule has 0 aliphatic carbocycles. The smallest absolute Gasteiger partial charge is 0.168 e. The summed E-state index contributed by atoms with van der Waals surface area (Å²) in [6.45, 7) is 0.166. The third kappa shape index (κ3) is 3.67. The minimum atomic E-state index is -0.696. The monoisotopic (exact) mass is 274 g/mol. The van der Waals surface area contributed by atoms with Crippen LogP contribution in [0.3, 0.4) is 0 Å². The van der Waals surface area contributed by atoms with Gasteiger partial charge in [-0.05, 0) is 17.3 Å². The molecule has 4 atom stereocenters. The van der Waals surface area contributed by atoms with Crippen molar-refractivity contribution in [3.05, 3.63) is 20.9 Å². The van der Waals surface area contributed by atoms with Crippen LogP contribution in [-0.2, 0) is 14.2 Å². The van der Waals surface area contributed by atoms with Crippen molar-refractivity contribution >= 4 is 11.8 Å². The van der Waals surface area contributed by atoms with Crippen LogP contribution in [0.5, 0.6) is 0 Å². The third-order valence-electron chi connectivity index (χ3n) is 2.42. The molecule has 1 fully saturated rings. The van der Waals surface area contributed by atoms with E-state index in [0.717, 1.165) is 0 Å². The molecule has 9 nitrogen and oxygen atoms in total. The van der Waals surface area contributed by atoms with E-state index in [2.05, 4.69) is 20.1 Å². The van der Waals surface area contributed by atoms with E-state index in [1.54, 1.807) is 0 Å². The quantitative estimate of drug-likeness (QED) is 0.318. The summed E-state index contributed by atoms with van der Waals surface area (Å²) in [5.41, 5.74) is 17.1. The minimum absolute atomic E-state index is 0.166. The highest BCUT2D eigenvalue weighted by molar-refractivity contribution is 7.98. The lowest BCUT2D eigenvalue weighted by Crippen LogP contribution is -2.52. The standard InChI is InChI=1S/C8H14N6O3S/c1-15-8-6(12-14-10)7(17-4-18-2)5(3-16-8)11-13-9/h5-8H,3-4H2,1-2H3/t5-,6-,7+,8-/m1/s1. The fraction of sp³-hybridized carbons (Fsp3) is 1.00. The topological polar surface area (TPSA) is 125 Å². The molecule has 0 saturated carbocycles. The Labute approximate surface area is 108 Å². The van der Waals surface area contributed by atoms with Crippen LogP contribution in [0.4, 0.5) is 0 Å². The zero-order chi connectivity index (χ0) is 13.4. The van der Waals surface area contributed by atoms with E-state index in [4.69, 9.17) is 25.3 Å². The van der Waals surface area contributed by atoms with Gasteiger partial charge < -0.3 is 14.2 Å². The summed E-state index contributed by atoms with van der Waals surface area (Å²) in [4.78, 5) is 5.50. The average molecular weight is 274 g/mol. The summed E-state index contributed by atoms with van der Waals surface area (Å²) in [5, 5.41) is 7.22. The van der Waals surface area contributed by atoms with Crippen molar-refractivity contribution in [2.45, 2.75) is 24.5 Å². The fourth-order valence-corrected chi connectivity index (χ4v) is 1.97. The zero-order valence-corrected chi connectivity index (χ0v) is 10.9. The summed E-state index contributed by atoms with van der Waals surface area (Å²) >= 11 is 1.47. The minimum Gasteiger partial charge on any atom is -0.366 e. The largest absolute Gasteiger partial charge is 0.366 e. The van der Waals surface area contributed by atoms with Crippen LogP contribution in [0.15, 0.2) is 10.2 Å². The molecule has 1 aliphatic rings. The van der Waals surface area contributed by atoms with E-state index in [9.17, 15) is 0 Å². The van der Waals surface area contributed by atoms with Gasteiger partial charge in [0.15, 0.2) is 6.29 Å². The molecule has 18 heavy (non-hydrogen) atoms. The number of methoxy groups -OCH3 is 1. The summed E-state index contributed by atoms with van der Waals surface area (Å²) in [7, 11) is 1.45. The van der Waals surface area contributed by atoms with E-state index in [1.807, 2.05) is 6.26 Å². The van der Waals surface area contributed by atoms with Crippen molar-refractivity contribution in [1.29, 1.82) is 0 Å². The fourth-order valence-electron chi connectivity index (χ4n) is 1.68. The highest BCUT2D eigenvalue weighted by Gasteiger charge is 2.40. The highest BCUT2D eigenvalue weighted by atomic mass is 32.2. The van der Waals surface area contributed by atoms with Crippen LogP contribution in [0.2, 0.25) is 0 Å². The number of nitrogens with zero attached hydrogens (tertiary/aromatic N) is 6. The Balaban J connectivity index is 2.91. The Morgan fingerprint density at radius 3 is 2.67 bits per heavy atom. The number of thioether (sulfide) groups is 1. The number of hydrogen-bond donors (Lipinski definition) is 0. The van der Waals surface area contributed by atoms with Crippen molar-refractivity contribution in [2.24, 2.45) is 10.2 Å². The van der Waals surface area contributed by atoms with E-state index in [0.29, 0.717) is 5.94 Å². The molecule has 1 heterocycles. The lowest BCUT2D eigenvalue weighted by Gasteiger charge is -2.37. The molecular weight excluding hydrogens is 260 g/mol. The maximum Gasteiger partial charge on any atom is 0.168 e. The number of hydrogen-bond acceptors (Lipinski definition) is 6. The molecule has 1 rings (SSSR count). The second-order valence-electron chi connectivity index (χ2n) is 3.44. The van der Waals surface area contributed by atoms with Gasteiger partial charge in [-0.3, -0.25) is 0 Å². The Morgan fingerprint density at radius 2 is 2.11 bits per heavy atom. The van der Waals surface area contributed by atoms with Gasteiger partial charge in [-0.2, -0.15) is 0 Å². The van der Waals surface area contributed by atoms with E-state index in [-0.39, 0.29) is 6.61 Å². The van der Waals surface area contributed by atoms with Gasteiger partial charge in [0, 0.05) is 16.9 Å². The van der Waals surface area contributed by atoms with Gasteiger partial charge in [-0.15, -0.1) is 11.8 Å². The van der Waals surface area contributed by atoms with Crippen LogP contribution < -0.4 is 0 Å². The first kappa shape index (κ1) is 14.9. The van der Waals surface area contributed by atoms with Crippen molar-refractivity contribution in [3.8, 4) is 0 Å². The van der Waals surface area contributed by atoms with E-state index < -0.39 is 24.5 Å². The van der Waals surface area contributed by atoms with E-state index >= 15 is 0 Å². The lowest BCUT2D eigenvalue weighted by molar-refractivity contribution is -0.194. The van der Waals surface area contributed by atoms with Gasteiger partial charge in [0.1, 0.15) is 6.04 Å². The molecule has 0 spiro atoms. The van der Waals surface area contributed by atoms with Gasteiger partial charge >= 0.3 is 0 Å².